The number of allylic oxidation sites excluding steroid dienone is 4. The molecule has 0 saturated heterocycles. The summed E-state index contributed by atoms with van der Waals surface area (Å²) in [5.74, 6) is 0. The van der Waals surface area contributed by atoms with E-state index in [2.05, 4.69) is 30.0 Å². The van der Waals surface area contributed by atoms with E-state index >= 15 is 0 Å². The monoisotopic (exact) mass is 178 g/mol. The summed E-state index contributed by atoms with van der Waals surface area (Å²) in [5, 5.41) is 0. The summed E-state index contributed by atoms with van der Waals surface area (Å²) >= 11 is -0.884. The minimum atomic E-state index is -0.884. The molecule has 0 aromatic carbocycles. The van der Waals surface area contributed by atoms with Gasteiger partial charge >= 0.3 is 62.4 Å². The number of rotatable bonds is 1. The van der Waals surface area contributed by atoms with Gasteiger partial charge in [-0.15, -0.1) is 0 Å². The second kappa shape index (κ2) is 2.80. The fourth-order valence-corrected chi connectivity index (χ4v) is 4.71. The van der Waals surface area contributed by atoms with Crippen molar-refractivity contribution in [1.29, 1.82) is 0 Å². The molecular formula is C8H13Ga. The number of hydrogen-bond donors (Lipinski definition) is 0. The predicted molar refractivity (Wildman–Crippen MR) is 43.9 cm³/mol. The van der Waals surface area contributed by atoms with Gasteiger partial charge in [0, 0.05) is 0 Å². The maximum atomic E-state index is 2.44. The molecule has 0 amide bonds. The summed E-state index contributed by atoms with van der Waals surface area (Å²) in [6, 6.07) is 0. The molecule has 48 valence electrons. The van der Waals surface area contributed by atoms with E-state index in [-0.39, 0.29) is 0 Å². The molecule has 0 atom stereocenters. The Bertz CT molecular complexity index is 163. The van der Waals surface area contributed by atoms with Crippen LogP contribution >= 0.6 is 0 Å². The van der Waals surface area contributed by atoms with Crippen molar-refractivity contribution in [2.45, 2.75) is 24.3 Å². The van der Waals surface area contributed by atoms with Crippen molar-refractivity contribution in [3.05, 3.63) is 21.9 Å². The quantitative estimate of drug-likeness (QED) is 0.542. The minimum absolute atomic E-state index is 0.884. The van der Waals surface area contributed by atoms with Crippen LogP contribution in [-0.4, -0.2) is 16.2 Å². The molecule has 9 heavy (non-hydrogen) atoms. The number of hydrogen-bond acceptors (Lipinski definition) is 0. The van der Waals surface area contributed by atoms with Crippen molar-refractivity contribution >= 4 is 16.2 Å². The Morgan fingerprint density at radius 1 is 1.44 bits per heavy atom. The van der Waals surface area contributed by atoms with Gasteiger partial charge in [0.15, 0.2) is 0 Å². The van der Waals surface area contributed by atoms with E-state index in [9.17, 15) is 0 Å². The van der Waals surface area contributed by atoms with E-state index in [0.717, 1.165) is 0 Å². The first-order valence-electron chi connectivity index (χ1n) is 3.58. The van der Waals surface area contributed by atoms with Crippen molar-refractivity contribution < 1.29 is 0 Å². The first-order valence-corrected chi connectivity index (χ1v) is 9.63. The van der Waals surface area contributed by atoms with Crippen LogP contribution in [0.5, 0.6) is 0 Å². The van der Waals surface area contributed by atoms with Gasteiger partial charge in [0.2, 0.25) is 0 Å². The summed E-state index contributed by atoms with van der Waals surface area (Å²) < 4.78 is 1.79. The SMILES string of the molecule is CC1=[C]([Ga]([CH3])[CH3])CC=C1. The molecule has 0 aliphatic heterocycles. The molecule has 0 bridgehead atoms. The van der Waals surface area contributed by atoms with Gasteiger partial charge in [-0.05, 0) is 0 Å². The first-order chi connectivity index (χ1) is 4.22. The zero-order chi connectivity index (χ0) is 6.85. The van der Waals surface area contributed by atoms with E-state index in [1.165, 1.54) is 6.42 Å². The van der Waals surface area contributed by atoms with Crippen molar-refractivity contribution in [2.24, 2.45) is 0 Å². The summed E-state index contributed by atoms with van der Waals surface area (Å²) in [5.41, 5.74) is 6.45. The van der Waals surface area contributed by atoms with Crippen molar-refractivity contribution in [3.8, 4) is 0 Å². The maximum absolute atomic E-state index is 2.44. The zero-order valence-corrected chi connectivity index (χ0v) is 8.86. The molecule has 0 nitrogen and oxygen atoms in total. The van der Waals surface area contributed by atoms with E-state index in [1.807, 2.05) is 0 Å². The van der Waals surface area contributed by atoms with Crippen LogP contribution in [0.2, 0.25) is 11.0 Å². The van der Waals surface area contributed by atoms with Crippen molar-refractivity contribution in [1.82, 2.24) is 0 Å². The molecule has 1 aliphatic rings. The Morgan fingerprint density at radius 2 is 2.11 bits per heavy atom. The van der Waals surface area contributed by atoms with Gasteiger partial charge < -0.3 is 0 Å². The topological polar surface area (TPSA) is 0 Å². The van der Waals surface area contributed by atoms with Gasteiger partial charge in [-0.2, -0.15) is 0 Å². The Morgan fingerprint density at radius 3 is 2.33 bits per heavy atom. The van der Waals surface area contributed by atoms with Crippen LogP contribution in [0.1, 0.15) is 13.3 Å². The summed E-state index contributed by atoms with van der Waals surface area (Å²) in [6.45, 7) is 2.24. The van der Waals surface area contributed by atoms with Crippen molar-refractivity contribution in [3.63, 3.8) is 0 Å². The molecule has 1 aliphatic carbocycles. The third-order valence-corrected chi connectivity index (χ3v) is 6.28. The van der Waals surface area contributed by atoms with E-state index < -0.39 is 16.2 Å². The summed E-state index contributed by atoms with van der Waals surface area (Å²) in [4.78, 5) is 0. The molecule has 0 fully saturated rings. The van der Waals surface area contributed by atoms with E-state index in [4.69, 9.17) is 0 Å². The molecular weight excluding hydrogens is 166 g/mol. The van der Waals surface area contributed by atoms with Crippen molar-refractivity contribution in [2.75, 3.05) is 0 Å². The predicted octanol–water partition coefficient (Wildman–Crippen LogP) is 2.56. The van der Waals surface area contributed by atoms with Gasteiger partial charge in [0.25, 0.3) is 0 Å². The van der Waals surface area contributed by atoms with Crippen LogP contribution in [0.25, 0.3) is 0 Å². The molecule has 0 radical (unpaired) electrons. The molecule has 0 saturated carbocycles. The zero-order valence-electron chi connectivity index (χ0n) is 6.44. The van der Waals surface area contributed by atoms with Gasteiger partial charge in [-0.3, -0.25) is 0 Å². The standard InChI is InChI=1S/C6H7.2CH3.Ga/c1-6-4-2-3-5-6;;;/h2,4H,3H2,1H3;2*1H3;. The Hall–Kier alpha value is 0.116. The Balaban J connectivity index is 2.73. The average molecular weight is 179 g/mol. The Labute approximate surface area is 62.7 Å². The van der Waals surface area contributed by atoms with E-state index in [1.54, 1.807) is 9.70 Å². The van der Waals surface area contributed by atoms with Gasteiger partial charge in [0.1, 0.15) is 0 Å². The van der Waals surface area contributed by atoms with Crippen LogP contribution in [-0.2, 0) is 0 Å². The second-order valence-electron chi connectivity index (χ2n) is 2.97. The van der Waals surface area contributed by atoms with E-state index in [0.29, 0.717) is 0 Å². The van der Waals surface area contributed by atoms with Crippen LogP contribution in [0.3, 0.4) is 0 Å². The van der Waals surface area contributed by atoms with Crippen LogP contribution in [0.15, 0.2) is 21.9 Å². The fraction of sp³-hybridized carbons (Fsp3) is 0.500. The third-order valence-electron chi connectivity index (χ3n) is 1.91. The average Bonchev–Trinajstić information content (AvgIpc) is 2.13. The summed E-state index contributed by atoms with van der Waals surface area (Å²) in [7, 11) is 0. The molecule has 0 N–H and O–H groups in total. The van der Waals surface area contributed by atoms with Crippen LogP contribution in [0.4, 0.5) is 0 Å². The molecule has 1 rings (SSSR count). The van der Waals surface area contributed by atoms with Crippen LogP contribution in [0, 0.1) is 0 Å². The molecule has 0 spiro atoms. The molecule has 0 unspecified atom stereocenters. The van der Waals surface area contributed by atoms with Crippen LogP contribution < -0.4 is 0 Å². The molecule has 0 heterocycles. The fourth-order valence-electron chi connectivity index (χ4n) is 1.32. The van der Waals surface area contributed by atoms with Gasteiger partial charge in [-0.1, -0.05) is 0 Å². The molecule has 0 aromatic rings. The second-order valence-corrected chi connectivity index (χ2v) is 9.28. The normalized spacial score (nSPS) is 17.2. The molecule has 0 aromatic heterocycles. The third kappa shape index (κ3) is 1.52. The Kier molecular flexibility index (Phi) is 2.25. The first kappa shape index (κ1) is 7.23. The molecule has 1 heteroatoms. The van der Waals surface area contributed by atoms with Gasteiger partial charge in [0.05, 0.1) is 0 Å². The summed E-state index contributed by atoms with van der Waals surface area (Å²) in [6.07, 6.45) is 5.82. The van der Waals surface area contributed by atoms with Gasteiger partial charge in [-0.25, -0.2) is 0 Å².